The second kappa shape index (κ2) is 4.70. The first-order valence-electron chi connectivity index (χ1n) is 4.25. The predicted molar refractivity (Wildman–Crippen MR) is 49.7 cm³/mol. The fourth-order valence-corrected chi connectivity index (χ4v) is 1.19. The Kier molecular flexibility index (Phi) is 3.57. The molecule has 0 amide bonds. The SMILES string of the molecule is N#Cc1ccc([C@@H](N)CCO)c(F)c1. The van der Waals surface area contributed by atoms with Crippen LogP contribution in [-0.2, 0) is 0 Å². The Balaban J connectivity index is 2.95. The van der Waals surface area contributed by atoms with Gasteiger partial charge in [-0.25, -0.2) is 4.39 Å². The highest BCUT2D eigenvalue weighted by Crippen LogP contribution is 2.18. The van der Waals surface area contributed by atoms with Crippen molar-refractivity contribution in [3.8, 4) is 6.07 Å². The molecule has 0 fully saturated rings. The van der Waals surface area contributed by atoms with Crippen LogP contribution in [0.2, 0.25) is 0 Å². The van der Waals surface area contributed by atoms with Crippen molar-refractivity contribution < 1.29 is 9.50 Å². The molecule has 0 unspecified atom stereocenters. The van der Waals surface area contributed by atoms with Crippen LogP contribution >= 0.6 is 0 Å². The highest BCUT2D eigenvalue weighted by atomic mass is 19.1. The molecule has 1 aromatic carbocycles. The third kappa shape index (κ3) is 2.28. The average molecular weight is 194 g/mol. The number of benzene rings is 1. The molecule has 3 N–H and O–H groups in total. The van der Waals surface area contributed by atoms with E-state index in [0.717, 1.165) is 6.07 Å². The van der Waals surface area contributed by atoms with Crippen molar-refractivity contribution >= 4 is 0 Å². The standard InChI is InChI=1S/C10H11FN2O/c11-9-5-7(6-12)1-2-8(9)10(13)3-4-14/h1-2,5,10,14H,3-4,13H2/t10-/m0/s1. The molecule has 0 heterocycles. The smallest absolute Gasteiger partial charge is 0.129 e. The fraction of sp³-hybridized carbons (Fsp3) is 0.300. The largest absolute Gasteiger partial charge is 0.396 e. The van der Waals surface area contributed by atoms with Crippen LogP contribution in [-0.4, -0.2) is 11.7 Å². The summed E-state index contributed by atoms with van der Waals surface area (Å²) in [5.41, 5.74) is 6.21. The van der Waals surface area contributed by atoms with Gasteiger partial charge in [-0.15, -0.1) is 0 Å². The molecule has 74 valence electrons. The molecular formula is C10H11FN2O. The van der Waals surface area contributed by atoms with Crippen LogP contribution in [0.15, 0.2) is 18.2 Å². The van der Waals surface area contributed by atoms with Crippen molar-refractivity contribution in [3.05, 3.63) is 35.1 Å². The van der Waals surface area contributed by atoms with Gasteiger partial charge < -0.3 is 10.8 Å². The Morgan fingerprint density at radius 2 is 2.29 bits per heavy atom. The molecule has 0 aliphatic heterocycles. The van der Waals surface area contributed by atoms with Gasteiger partial charge in [0, 0.05) is 18.2 Å². The number of rotatable bonds is 3. The highest BCUT2D eigenvalue weighted by molar-refractivity contribution is 5.34. The number of nitrogens with two attached hydrogens (primary N) is 1. The Morgan fingerprint density at radius 1 is 1.57 bits per heavy atom. The average Bonchev–Trinajstić information content (AvgIpc) is 2.17. The Bertz CT molecular complexity index is 360. The van der Waals surface area contributed by atoms with Gasteiger partial charge in [0.05, 0.1) is 11.6 Å². The summed E-state index contributed by atoms with van der Waals surface area (Å²) in [6.45, 7) is -0.0827. The number of hydrogen-bond donors (Lipinski definition) is 2. The van der Waals surface area contributed by atoms with Crippen LogP contribution in [0.4, 0.5) is 4.39 Å². The third-order valence-electron chi connectivity index (χ3n) is 1.97. The van der Waals surface area contributed by atoms with Gasteiger partial charge in [0.2, 0.25) is 0 Å². The molecule has 0 bridgehead atoms. The zero-order valence-electron chi connectivity index (χ0n) is 7.57. The Labute approximate surface area is 81.6 Å². The van der Waals surface area contributed by atoms with Crippen molar-refractivity contribution in [2.75, 3.05) is 6.61 Å². The number of nitrogens with zero attached hydrogens (tertiary/aromatic N) is 1. The zero-order valence-corrected chi connectivity index (χ0v) is 7.57. The molecule has 1 rings (SSSR count). The maximum atomic E-state index is 13.3. The van der Waals surface area contributed by atoms with E-state index in [2.05, 4.69) is 0 Å². The van der Waals surface area contributed by atoms with Crippen molar-refractivity contribution in [2.24, 2.45) is 5.73 Å². The van der Waals surface area contributed by atoms with Gasteiger partial charge >= 0.3 is 0 Å². The van der Waals surface area contributed by atoms with Crippen molar-refractivity contribution in [2.45, 2.75) is 12.5 Å². The van der Waals surface area contributed by atoms with E-state index >= 15 is 0 Å². The predicted octanol–water partition coefficient (Wildman–Crippen LogP) is 1.08. The van der Waals surface area contributed by atoms with Gasteiger partial charge in [-0.05, 0) is 18.6 Å². The van der Waals surface area contributed by atoms with Crippen LogP contribution in [0.25, 0.3) is 0 Å². The summed E-state index contributed by atoms with van der Waals surface area (Å²) in [4.78, 5) is 0. The number of hydrogen-bond acceptors (Lipinski definition) is 3. The van der Waals surface area contributed by atoms with Crippen LogP contribution in [0.5, 0.6) is 0 Å². The summed E-state index contributed by atoms with van der Waals surface area (Å²) < 4.78 is 13.3. The lowest BCUT2D eigenvalue weighted by Crippen LogP contribution is -2.13. The molecule has 1 aromatic rings. The molecule has 0 spiro atoms. The molecule has 0 aromatic heterocycles. The lowest BCUT2D eigenvalue weighted by Gasteiger charge is -2.11. The van der Waals surface area contributed by atoms with E-state index in [1.807, 2.05) is 6.07 Å². The van der Waals surface area contributed by atoms with E-state index in [1.54, 1.807) is 0 Å². The van der Waals surface area contributed by atoms with Gasteiger partial charge in [-0.1, -0.05) is 6.07 Å². The summed E-state index contributed by atoms with van der Waals surface area (Å²) in [6.07, 6.45) is 0.308. The summed E-state index contributed by atoms with van der Waals surface area (Å²) in [5, 5.41) is 17.1. The van der Waals surface area contributed by atoms with Gasteiger partial charge in [0.1, 0.15) is 5.82 Å². The summed E-state index contributed by atoms with van der Waals surface area (Å²) in [7, 11) is 0. The van der Waals surface area contributed by atoms with E-state index in [0.29, 0.717) is 12.0 Å². The first-order chi connectivity index (χ1) is 6.69. The number of aliphatic hydroxyl groups excluding tert-OH is 1. The summed E-state index contributed by atoms with van der Waals surface area (Å²) in [6, 6.07) is 5.45. The minimum Gasteiger partial charge on any atom is -0.396 e. The number of halogens is 1. The second-order valence-corrected chi connectivity index (χ2v) is 2.97. The van der Waals surface area contributed by atoms with Crippen molar-refractivity contribution in [3.63, 3.8) is 0 Å². The van der Waals surface area contributed by atoms with E-state index in [9.17, 15) is 4.39 Å². The minimum atomic E-state index is -0.521. The monoisotopic (exact) mass is 194 g/mol. The summed E-state index contributed by atoms with van der Waals surface area (Å²) in [5.74, 6) is -0.495. The van der Waals surface area contributed by atoms with Crippen molar-refractivity contribution in [1.82, 2.24) is 0 Å². The number of aliphatic hydroxyl groups is 1. The molecule has 1 atom stereocenters. The fourth-order valence-electron chi connectivity index (χ4n) is 1.19. The van der Waals surface area contributed by atoms with Gasteiger partial charge in [0.15, 0.2) is 0 Å². The molecule has 3 nitrogen and oxygen atoms in total. The van der Waals surface area contributed by atoms with E-state index in [-0.39, 0.29) is 12.2 Å². The van der Waals surface area contributed by atoms with Gasteiger partial charge in [0.25, 0.3) is 0 Å². The molecule has 4 heteroatoms. The zero-order chi connectivity index (χ0) is 10.6. The van der Waals surface area contributed by atoms with Crippen LogP contribution in [0, 0.1) is 17.1 Å². The highest BCUT2D eigenvalue weighted by Gasteiger charge is 2.10. The Morgan fingerprint density at radius 3 is 2.79 bits per heavy atom. The quantitative estimate of drug-likeness (QED) is 0.756. The summed E-state index contributed by atoms with van der Waals surface area (Å²) >= 11 is 0. The van der Waals surface area contributed by atoms with Crippen LogP contribution < -0.4 is 5.73 Å². The minimum absolute atomic E-state index is 0.0827. The van der Waals surface area contributed by atoms with Crippen LogP contribution in [0.1, 0.15) is 23.6 Å². The lowest BCUT2D eigenvalue weighted by atomic mass is 10.0. The number of nitriles is 1. The Hall–Kier alpha value is -1.44. The third-order valence-corrected chi connectivity index (χ3v) is 1.97. The van der Waals surface area contributed by atoms with E-state index in [1.165, 1.54) is 12.1 Å². The topological polar surface area (TPSA) is 70.0 Å². The first kappa shape index (κ1) is 10.6. The normalized spacial score (nSPS) is 12.1. The lowest BCUT2D eigenvalue weighted by molar-refractivity contribution is 0.275. The first-order valence-corrected chi connectivity index (χ1v) is 4.25. The van der Waals surface area contributed by atoms with Crippen molar-refractivity contribution in [1.29, 1.82) is 5.26 Å². The molecule has 0 radical (unpaired) electrons. The van der Waals surface area contributed by atoms with Gasteiger partial charge in [-0.3, -0.25) is 0 Å². The maximum absolute atomic E-state index is 13.3. The molecule has 0 aliphatic carbocycles. The molecular weight excluding hydrogens is 183 g/mol. The molecule has 14 heavy (non-hydrogen) atoms. The molecule has 0 saturated heterocycles. The van der Waals surface area contributed by atoms with E-state index in [4.69, 9.17) is 16.1 Å². The second-order valence-electron chi connectivity index (χ2n) is 2.97. The molecule has 0 aliphatic rings. The van der Waals surface area contributed by atoms with Gasteiger partial charge in [-0.2, -0.15) is 5.26 Å². The maximum Gasteiger partial charge on any atom is 0.129 e. The molecule has 0 saturated carbocycles. The van der Waals surface area contributed by atoms with Crippen LogP contribution in [0.3, 0.4) is 0 Å². The van der Waals surface area contributed by atoms with E-state index < -0.39 is 11.9 Å².